The van der Waals surface area contributed by atoms with Crippen molar-refractivity contribution < 1.29 is 23.9 Å². The molecule has 5 nitrogen and oxygen atoms in total. The van der Waals surface area contributed by atoms with Crippen LogP contribution in [0.15, 0.2) is 11.8 Å². The number of carbonyl (C=O) groups excluding carboxylic acids is 3. The molecule has 60 valence electrons. The molecule has 0 aliphatic carbocycles. The predicted molar refractivity (Wildman–Crippen MR) is 33.3 cm³/mol. The van der Waals surface area contributed by atoms with Gasteiger partial charge >= 0.3 is 0 Å². The van der Waals surface area contributed by atoms with E-state index in [1.807, 2.05) is 0 Å². The third kappa shape index (κ3) is 4.83. The van der Waals surface area contributed by atoms with Crippen molar-refractivity contribution in [2.24, 2.45) is 0 Å². The van der Waals surface area contributed by atoms with Crippen LogP contribution >= 0.6 is 0 Å². The average Bonchev–Trinajstić information content (AvgIpc) is 2.01. The minimum Gasteiger partial charge on any atom is -0.460 e. The van der Waals surface area contributed by atoms with Crippen LogP contribution in [0.5, 0.6) is 0 Å². The summed E-state index contributed by atoms with van der Waals surface area (Å²) < 4.78 is 8.46. The number of ether oxygens (including phenoxy) is 2. The summed E-state index contributed by atoms with van der Waals surface area (Å²) in [5.74, 6) is -0.0119. The third-order valence-corrected chi connectivity index (χ3v) is 0.747. The molecule has 0 radical (unpaired) electrons. The second-order valence-corrected chi connectivity index (χ2v) is 1.39. The first-order chi connectivity index (χ1) is 5.35. The third-order valence-electron chi connectivity index (χ3n) is 0.747. The molecule has 0 aliphatic rings. The molecule has 0 aliphatic heterocycles. The summed E-state index contributed by atoms with van der Waals surface area (Å²) in [4.78, 5) is 29.2. The standard InChI is InChI=1S/C6H6O5/c7-2-1-6(11-5-9)3-10-4-8/h1-2,4-5H,3H2. The normalized spacial score (nSPS) is 10.0. The second-order valence-electron chi connectivity index (χ2n) is 1.39. The number of aldehydes is 1. The zero-order valence-corrected chi connectivity index (χ0v) is 5.56. The van der Waals surface area contributed by atoms with E-state index in [0.29, 0.717) is 6.29 Å². The SMILES string of the molecule is O=CC=C(COC=O)OC=O. The molecule has 0 aromatic rings. The molecule has 0 unspecified atom stereocenters. The van der Waals surface area contributed by atoms with Crippen molar-refractivity contribution in [2.45, 2.75) is 0 Å². The van der Waals surface area contributed by atoms with Crippen molar-refractivity contribution in [3.8, 4) is 0 Å². The highest BCUT2D eigenvalue weighted by Gasteiger charge is 1.96. The Balaban J connectivity index is 3.87. The second kappa shape index (κ2) is 6.47. The van der Waals surface area contributed by atoms with Crippen molar-refractivity contribution in [3.63, 3.8) is 0 Å². The monoisotopic (exact) mass is 158 g/mol. The first-order valence-electron chi connectivity index (χ1n) is 2.65. The van der Waals surface area contributed by atoms with Crippen LogP contribution in [0.25, 0.3) is 0 Å². The van der Waals surface area contributed by atoms with Gasteiger partial charge in [0.1, 0.15) is 18.7 Å². The molecular formula is C6H6O5. The molecule has 5 heteroatoms. The first kappa shape index (κ1) is 9.35. The van der Waals surface area contributed by atoms with Gasteiger partial charge in [0.25, 0.3) is 12.9 Å². The Bertz CT molecular complexity index is 172. The number of hydrogen-bond acceptors (Lipinski definition) is 5. The Morgan fingerprint density at radius 2 is 1.91 bits per heavy atom. The lowest BCUT2D eigenvalue weighted by molar-refractivity contribution is -0.132. The molecule has 0 amide bonds. The van der Waals surface area contributed by atoms with Gasteiger partial charge < -0.3 is 9.47 Å². The fraction of sp³-hybridized carbons (Fsp3) is 0.167. The fourth-order valence-electron chi connectivity index (χ4n) is 0.375. The zero-order chi connectivity index (χ0) is 8.53. The van der Waals surface area contributed by atoms with E-state index in [1.54, 1.807) is 0 Å². The molecule has 0 aromatic carbocycles. The van der Waals surface area contributed by atoms with E-state index in [9.17, 15) is 14.4 Å². The van der Waals surface area contributed by atoms with Gasteiger partial charge in [-0.25, -0.2) is 0 Å². The predicted octanol–water partition coefficient (Wildman–Crippen LogP) is -0.585. The Morgan fingerprint density at radius 1 is 1.18 bits per heavy atom. The van der Waals surface area contributed by atoms with Gasteiger partial charge in [0.05, 0.1) is 0 Å². The summed E-state index contributed by atoms with van der Waals surface area (Å²) in [6.07, 6.45) is 1.41. The molecule has 0 spiro atoms. The van der Waals surface area contributed by atoms with Crippen molar-refractivity contribution in [3.05, 3.63) is 11.8 Å². The zero-order valence-electron chi connectivity index (χ0n) is 5.56. The molecule has 0 aromatic heterocycles. The van der Waals surface area contributed by atoms with Crippen LogP contribution in [-0.2, 0) is 23.9 Å². The molecule has 11 heavy (non-hydrogen) atoms. The molecule has 0 heterocycles. The van der Waals surface area contributed by atoms with Gasteiger partial charge in [-0.2, -0.15) is 0 Å². The van der Waals surface area contributed by atoms with Crippen LogP contribution in [0.4, 0.5) is 0 Å². The minimum atomic E-state index is -0.221. The largest absolute Gasteiger partial charge is 0.460 e. The lowest BCUT2D eigenvalue weighted by atomic mass is 10.5. The van der Waals surface area contributed by atoms with Crippen LogP contribution in [-0.4, -0.2) is 25.8 Å². The smallest absolute Gasteiger partial charge is 0.298 e. The topological polar surface area (TPSA) is 69.7 Å². The first-order valence-corrected chi connectivity index (χ1v) is 2.65. The molecule has 0 saturated heterocycles. The highest BCUT2D eigenvalue weighted by atomic mass is 16.6. The molecular weight excluding hydrogens is 152 g/mol. The Kier molecular flexibility index (Phi) is 5.50. The molecule has 0 N–H and O–H groups in total. The highest BCUT2D eigenvalue weighted by molar-refractivity contribution is 5.66. The summed E-state index contributed by atoms with van der Waals surface area (Å²) in [6.45, 7) is 0.108. The quantitative estimate of drug-likeness (QED) is 0.293. The summed E-state index contributed by atoms with van der Waals surface area (Å²) >= 11 is 0. The average molecular weight is 158 g/mol. The van der Waals surface area contributed by atoms with Gasteiger partial charge in [-0.3, -0.25) is 14.4 Å². The van der Waals surface area contributed by atoms with Crippen LogP contribution in [0, 0.1) is 0 Å². The van der Waals surface area contributed by atoms with E-state index in [2.05, 4.69) is 9.47 Å². The Labute approximate surface area is 62.6 Å². The summed E-state index contributed by atoms with van der Waals surface area (Å²) in [5.41, 5.74) is 0. The Morgan fingerprint density at radius 3 is 2.36 bits per heavy atom. The number of carbonyl (C=O) groups is 3. The number of rotatable bonds is 6. The lowest BCUT2D eigenvalue weighted by Crippen LogP contribution is -2.00. The van der Waals surface area contributed by atoms with E-state index in [4.69, 9.17) is 0 Å². The summed E-state index contributed by atoms with van der Waals surface area (Å²) in [7, 11) is 0. The van der Waals surface area contributed by atoms with Gasteiger partial charge in [-0.1, -0.05) is 0 Å². The van der Waals surface area contributed by atoms with E-state index in [1.165, 1.54) is 0 Å². The van der Waals surface area contributed by atoms with Crippen LogP contribution in [0.1, 0.15) is 0 Å². The van der Waals surface area contributed by atoms with Crippen LogP contribution < -0.4 is 0 Å². The molecule has 0 bridgehead atoms. The molecule has 0 atom stereocenters. The van der Waals surface area contributed by atoms with E-state index in [-0.39, 0.29) is 25.3 Å². The minimum absolute atomic E-state index is 0.0119. The van der Waals surface area contributed by atoms with Gasteiger partial charge in [-0.15, -0.1) is 0 Å². The van der Waals surface area contributed by atoms with Gasteiger partial charge in [0.2, 0.25) is 0 Å². The maximum absolute atomic E-state index is 9.84. The van der Waals surface area contributed by atoms with Gasteiger partial charge in [0.15, 0.2) is 0 Å². The molecule has 0 rings (SSSR count). The number of hydrogen-bond donors (Lipinski definition) is 0. The van der Waals surface area contributed by atoms with Crippen molar-refractivity contribution >= 4 is 19.2 Å². The summed E-state index contributed by atoms with van der Waals surface area (Å²) in [6, 6.07) is 0. The van der Waals surface area contributed by atoms with Crippen molar-refractivity contribution in [1.29, 1.82) is 0 Å². The van der Waals surface area contributed by atoms with Crippen molar-refractivity contribution in [2.75, 3.05) is 6.61 Å². The van der Waals surface area contributed by atoms with Gasteiger partial charge in [-0.05, 0) is 0 Å². The Hall–Kier alpha value is -1.65. The van der Waals surface area contributed by atoms with Crippen LogP contribution in [0.2, 0.25) is 0 Å². The van der Waals surface area contributed by atoms with E-state index in [0.717, 1.165) is 6.08 Å². The summed E-state index contributed by atoms with van der Waals surface area (Å²) in [5, 5.41) is 0. The molecule has 0 saturated carbocycles. The van der Waals surface area contributed by atoms with Crippen molar-refractivity contribution in [1.82, 2.24) is 0 Å². The van der Waals surface area contributed by atoms with E-state index < -0.39 is 0 Å². The highest BCUT2D eigenvalue weighted by Crippen LogP contribution is 1.93. The van der Waals surface area contributed by atoms with Gasteiger partial charge in [0, 0.05) is 6.08 Å². The number of allylic oxidation sites excluding steroid dienone is 1. The molecule has 0 fully saturated rings. The maximum atomic E-state index is 9.84. The lowest BCUT2D eigenvalue weighted by Gasteiger charge is -1.99. The maximum Gasteiger partial charge on any atom is 0.298 e. The van der Waals surface area contributed by atoms with E-state index >= 15 is 0 Å². The van der Waals surface area contributed by atoms with Crippen LogP contribution in [0.3, 0.4) is 0 Å². The fourth-order valence-corrected chi connectivity index (χ4v) is 0.375.